The lowest BCUT2D eigenvalue weighted by atomic mass is 10.0. The maximum absolute atomic E-state index is 10.7. The van der Waals surface area contributed by atoms with Crippen LogP contribution in [0.5, 0.6) is 0 Å². The number of carboxylic acid groups (broad SMARTS) is 1. The van der Waals surface area contributed by atoms with Crippen LogP contribution in [0.4, 0.5) is 0 Å². The number of aliphatic carboxylic acids is 1. The predicted octanol–water partition coefficient (Wildman–Crippen LogP) is -0.308. The van der Waals surface area contributed by atoms with Crippen LogP contribution in [0.25, 0.3) is 0 Å². The summed E-state index contributed by atoms with van der Waals surface area (Å²) in [5, 5.41) is 11.9. The average Bonchev–Trinajstić information content (AvgIpc) is 2.31. The van der Waals surface area contributed by atoms with E-state index in [1.807, 2.05) is 0 Å². The van der Waals surface area contributed by atoms with Crippen molar-refractivity contribution in [1.82, 2.24) is 10.2 Å². The van der Waals surface area contributed by atoms with Crippen molar-refractivity contribution in [3.63, 3.8) is 0 Å². The standard InChI is InChI=1S/C11H18N2O3/c14-11(15)10-2-1-9(7-12-10)8-13-3-5-16-6-4-13/h1,10,12H,2-8H2,(H,14,15)/t10-/m0/s1. The highest BCUT2D eigenvalue weighted by molar-refractivity contribution is 5.74. The molecule has 90 valence electrons. The minimum atomic E-state index is -0.762. The highest BCUT2D eigenvalue weighted by atomic mass is 16.5. The van der Waals surface area contributed by atoms with Crippen molar-refractivity contribution >= 4 is 5.97 Å². The maximum Gasteiger partial charge on any atom is 0.321 e. The fourth-order valence-corrected chi connectivity index (χ4v) is 2.05. The molecule has 0 aromatic carbocycles. The van der Waals surface area contributed by atoms with Crippen LogP contribution in [0.15, 0.2) is 11.6 Å². The topological polar surface area (TPSA) is 61.8 Å². The molecule has 2 N–H and O–H groups in total. The number of morpholine rings is 1. The lowest BCUT2D eigenvalue weighted by Crippen LogP contribution is -2.43. The summed E-state index contributed by atoms with van der Waals surface area (Å²) in [5.74, 6) is -0.762. The molecular formula is C11H18N2O3. The van der Waals surface area contributed by atoms with E-state index >= 15 is 0 Å². The number of carbonyl (C=O) groups is 1. The quantitative estimate of drug-likeness (QED) is 0.646. The van der Waals surface area contributed by atoms with E-state index < -0.39 is 12.0 Å². The molecule has 1 saturated heterocycles. The Morgan fingerprint density at radius 1 is 1.56 bits per heavy atom. The monoisotopic (exact) mass is 226 g/mol. The molecule has 5 heteroatoms. The molecule has 5 nitrogen and oxygen atoms in total. The van der Waals surface area contributed by atoms with Crippen LogP contribution in [0.3, 0.4) is 0 Å². The van der Waals surface area contributed by atoms with Crippen molar-refractivity contribution in [3.8, 4) is 0 Å². The van der Waals surface area contributed by atoms with Crippen molar-refractivity contribution < 1.29 is 14.6 Å². The lowest BCUT2D eigenvalue weighted by molar-refractivity contribution is -0.139. The molecule has 0 aromatic heterocycles. The number of hydrogen-bond donors (Lipinski definition) is 2. The molecule has 2 rings (SSSR count). The van der Waals surface area contributed by atoms with Gasteiger partial charge in [-0.05, 0) is 12.0 Å². The Bertz CT molecular complexity index is 285. The number of hydrogen-bond acceptors (Lipinski definition) is 4. The molecule has 2 aliphatic rings. The maximum atomic E-state index is 10.7. The highest BCUT2D eigenvalue weighted by Crippen LogP contribution is 2.09. The second kappa shape index (κ2) is 5.43. The van der Waals surface area contributed by atoms with Gasteiger partial charge in [-0.1, -0.05) is 6.08 Å². The first-order valence-electron chi connectivity index (χ1n) is 5.70. The van der Waals surface area contributed by atoms with Crippen LogP contribution < -0.4 is 5.32 Å². The Hall–Kier alpha value is -0.910. The molecule has 0 amide bonds. The SMILES string of the molecule is O=C(O)[C@@H]1CC=C(CN2CCOCC2)CN1. The van der Waals surface area contributed by atoms with Gasteiger partial charge in [0.2, 0.25) is 0 Å². The Kier molecular flexibility index (Phi) is 3.93. The zero-order valence-corrected chi connectivity index (χ0v) is 9.32. The summed E-state index contributed by atoms with van der Waals surface area (Å²) in [6.45, 7) is 5.17. The largest absolute Gasteiger partial charge is 0.480 e. The van der Waals surface area contributed by atoms with Crippen molar-refractivity contribution in [2.75, 3.05) is 39.4 Å². The zero-order chi connectivity index (χ0) is 11.4. The van der Waals surface area contributed by atoms with Crippen LogP contribution in [0.1, 0.15) is 6.42 Å². The van der Waals surface area contributed by atoms with Crippen LogP contribution in [0, 0.1) is 0 Å². The molecule has 16 heavy (non-hydrogen) atoms. The van der Waals surface area contributed by atoms with E-state index in [0.717, 1.165) is 32.8 Å². The molecule has 0 unspecified atom stereocenters. The van der Waals surface area contributed by atoms with E-state index in [0.29, 0.717) is 13.0 Å². The molecule has 0 bridgehead atoms. The Balaban J connectivity index is 1.80. The molecule has 1 atom stereocenters. The van der Waals surface area contributed by atoms with E-state index in [2.05, 4.69) is 16.3 Å². The van der Waals surface area contributed by atoms with Gasteiger partial charge in [-0.15, -0.1) is 0 Å². The van der Waals surface area contributed by atoms with Gasteiger partial charge in [0.05, 0.1) is 13.2 Å². The number of carboxylic acids is 1. The van der Waals surface area contributed by atoms with Gasteiger partial charge in [0, 0.05) is 26.2 Å². The third kappa shape index (κ3) is 3.04. The van der Waals surface area contributed by atoms with E-state index in [4.69, 9.17) is 9.84 Å². The van der Waals surface area contributed by atoms with Gasteiger partial charge in [-0.25, -0.2) is 0 Å². The Morgan fingerprint density at radius 3 is 2.88 bits per heavy atom. The Morgan fingerprint density at radius 2 is 2.31 bits per heavy atom. The summed E-state index contributed by atoms with van der Waals surface area (Å²) in [7, 11) is 0. The second-order valence-corrected chi connectivity index (χ2v) is 4.26. The van der Waals surface area contributed by atoms with Gasteiger partial charge in [0.25, 0.3) is 0 Å². The number of nitrogens with zero attached hydrogens (tertiary/aromatic N) is 1. The first-order valence-corrected chi connectivity index (χ1v) is 5.70. The van der Waals surface area contributed by atoms with Crippen molar-refractivity contribution in [2.45, 2.75) is 12.5 Å². The summed E-state index contributed by atoms with van der Waals surface area (Å²) in [4.78, 5) is 13.1. The first-order chi connectivity index (χ1) is 7.75. The fourth-order valence-electron chi connectivity index (χ4n) is 2.05. The molecule has 0 saturated carbocycles. The van der Waals surface area contributed by atoms with Gasteiger partial charge >= 0.3 is 5.97 Å². The minimum absolute atomic E-state index is 0.409. The summed E-state index contributed by atoms with van der Waals surface area (Å²) < 4.78 is 5.28. The third-order valence-electron chi connectivity index (χ3n) is 3.05. The predicted molar refractivity (Wildman–Crippen MR) is 59.4 cm³/mol. The summed E-state index contributed by atoms with van der Waals surface area (Å²) >= 11 is 0. The van der Waals surface area contributed by atoms with E-state index in [1.54, 1.807) is 0 Å². The summed E-state index contributed by atoms with van der Waals surface area (Å²) in [6.07, 6.45) is 2.65. The molecule has 0 radical (unpaired) electrons. The third-order valence-corrected chi connectivity index (χ3v) is 3.05. The number of rotatable bonds is 3. The summed E-state index contributed by atoms with van der Waals surface area (Å²) in [6, 6.07) is -0.409. The fraction of sp³-hybridized carbons (Fsp3) is 0.727. The van der Waals surface area contributed by atoms with E-state index in [-0.39, 0.29) is 0 Å². The molecule has 0 aromatic rings. The average molecular weight is 226 g/mol. The molecule has 0 spiro atoms. The van der Waals surface area contributed by atoms with Crippen LogP contribution in [-0.2, 0) is 9.53 Å². The zero-order valence-electron chi connectivity index (χ0n) is 9.32. The minimum Gasteiger partial charge on any atom is -0.480 e. The first kappa shape index (κ1) is 11.6. The van der Waals surface area contributed by atoms with E-state index in [1.165, 1.54) is 5.57 Å². The highest BCUT2D eigenvalue weighted by Gasteiger charge is 2.21. The van der Waals surface area contributed by atoms with Crippen molar-refractivity contribution in [3.05, 3.63) is 11.6 Å². The van der Waals surface area contributed by atoms with Crippen LogP contribution in [-0.4, -0.2) is 61.4 Å². The van der Waals surface area contributed by atoms with Crippen LogP contribution in [0.2, 0.25) is 0 Å². The second-order valence-electron chi connectivity index (χ2n) is 4.26. The summed E-state index contributed by atoms with van der Waals surface area (Å²) in [5.41, 5.74) is 1.29. The van der Waals surface area contributed by atoms with Gasteiger partial charge in [0.1, 0.15) is 6.04 Å². The van der Waals surface area contributed by atoms with Gasteiger partial charge < -0.3 is 15.2 Å². The van der Waals surface area contributed by atoms with Gasteiger partial charge in [0.15, 0.2) is 0 Å². The smallest absolute Gasteiger partial charge is 0.321 e. The number of ether oxygens (including phenoxy) is 1. The lowest BCUT2D eigenvalue weighted by Gasteiger charge is -2.29. The molecule has 2 aliphatic heterocycles. The van der Waals surface area contributed by atoms with Gasteiger partial charge in [-0.3, -0.25) is 9.69 Å². The van der Waals surface area contributed by atoms with Crippen molar-refractivity contribution in [1.29, 1.82) is 0 Å². The van der Waals surface area contributed by atoms with E-state index in [9.17, 15) is 4.79 Å². The normalized spacial score (nSPS) is 27.5. The molecular weight excluding hydrogens is 208 g/mol. The molecule has 2 heterocycles. The molecule has 1 fully saturated rings. The van der Waals surface area contributed by atoms with Gasteiger partial charge in [-0.2, -0.15) is 0 Å². The Labute approximate surface area is 95.1 Å². The molecule has 0 aliphatic carbocycles. The number of nitrogens with one attached hydrogen (secondary N) is 1. The van der Waals surface area contributed by atoms with Crippen molar-refractivity contribution in [2.24, 2.45) is 0 Å². The van der Waals surface area contributed by atoms with Crippen LogP contribution >= 0.6 is 0 Å².